The van der Waals surface area contributed by atoms with E-state index in [1.54, 1.807) is 0 Å². The molecule has 1 N–H and O–H groups in total. The van der Waals surface area contributed by atoms with Gasteiger partial charge in [0.15, 0.2) is 0 Å². The molecule has 2 rings (SSSR count). The summed E-state index contributed by atoms with van der Waals surface area (Å²) in [4.78, 5) is 6.89. The van der Waals surface area contributed by atoms with E-state index in [1.807, 2.05) is 6.20 Å². The van der Waals surface area contributed by atoms with Crippen molar-refractivity contribution in [2.24, 2.45) is 0 Å². The molecule has 0 aromatic carbocycles. The molecule has 0 amide bonds. The highest BCUT2D eigenvalue weighted by Crippen LogP contribution is 2.20. The van der Waals surface area contributed by atoms with Gasteiger partial charge in [-0.1, -0.05) is 0 Å². The molecule has 1 aliphatic rings. The van der Waals surface area contributed by atoms with Crippen LogP contribution in [-0.4, -0.2) is 36.1 Å². The lowest BCUT2D eigenvalue weighted by atomic mass is 10.3. The van der Waals surface area contributed by atoms with Crippen LogP contribution < -0.4 is 5.32 Å². The van der Waals surface area contributed by atoms with Gasteiger partial charge in [-0.15, -0.1) is 0 Å². The molecule has 0 aliphatic carbocycles. The van der Waals surface area contributed by atoms with Crippen molar-refractivity contribution in [1.29, 1.82) is 0 Å². The number of rotatable bonds is 2. The molecule has 0 radical (unpaired) electrons. The summed E-state index contributed by atoms with van der Waals surface area (Å²) in [6.07, 6.45) is 3.07. The fourth-order valence-corrected chi connectivity index (χ4v) is 2.94. The van der Waals surface area contributed by atoms with E-state index in [-0.39, 0.29) is 0 Å². The third kappa shape index (κ3) is 3.52. The maximum Gasteiger partial charge on any atom is 0.0686 e. The second-order valence-electron chi connectivity index (χ2n) is 3.96. The number of hydrogen-bond acceptors (Lipinski definition) is 3. The molecule has 1 aromatic rings. The summed E-state index contributed by atoms with van der Waals surface area (Å²) >= 11 is 6.98. The van der Waals surface area contributed by atoms with Gasteiger partial charge in [0.1, 0.15) is 0 Å². The lowest BCUT2D eigenvalue weighted by Gasteiger charge is -2.19. The average molecular weight is 349 g/mol. The first-order valence-corrected chi connectivity index (χ1v) is 7.07. The molecule has 88 valence electrons. The Morgan fingerprint density at radius 2 is 2.19 bits per heavy atom. The van der Waals surface area contributed by atoms with Gasteiger partial charge >= 0.3 is 0 Å². The van der Waals surface area contributed by atoms with Gasteiger partial charge in [-0.3, -0.25) is 9.88 Å². The highest BCUT2D eigenvalue weighted by atomic mass is 79.9. The Balaban J connectivity index is 2.01. The molecule has 0 unspecified atom stereocenters. The van der Waals surface area contributed by atoms with E-state index >= 15 is 0 Å². The van der Waals surface area contributed by atoms with Gasteiger partial charge in [0.2, 0.25) is 0 Å². The molecule has 0 spiro atoms. The molecule has 0 atom stereocenters. The molecule has 3 nitrogen and oxygen atoms in total. The molecule has 0 bridgehead atoms. The highest BCUT2D eigenvalue weighted by molar-refractivity contribution is 9.11. The number of aromatic nitrogens is 1. The van der Waals surface area contributed by atoms with Gasteiger partial charge < -0.3 is 5.32 Å². The molecular formula is C11H15Br2N3. The Morgan fingerprint density at radius 3 is 3.00 bits per heavy atom. The number of hydrogen-bond donors (Lipinski definition) is 1. The Bertz CT molecular complexity index is 349. The number of halogens is 2. The van der Waals surface area contributed by atoms with Crippen molar-refractivity contribution in [3.8, 4) is 0 Å². The van der Waals surface area contributed by atoms with Crippen LogP contribution in [-0.2, 0) is 6.54 Å². The first-order chi connectivity index (χ1) is 7.75. The summed E-state index contributed by atoms with van der Waals surface area (Å²) in [5, 5.41) is 3.41. The van der Waals surface area contributed by atoms with Crippen LogP contribution in [0.5, 0.6) is 0 Å². The van der Waals surface area contributed by atoms with Crippen molar-refractivity contribution in [2.45, 2.75) is 13.0 Å². The predicted octanol–water partition coefficient (Wildman–Crippen LogP) is 2.40. The topological polar surface area (TPSA) is 28.2 Å². The van der Waals surface area contributed by atoms with Crippen LogP contribution >= 0.6 is 31.9 Å². The first-order valence-electron chi connectivity index (χ1n) is 5.49. The van der Waals surface area contributed by atoms with E-state index in [2.05, 4.69) is 53.1 Å². The van der Waals surface area contributed by atoms with Crippen LogP contribution in [0, 0.1) is 0 Å². The smallest absolute Gasteiger partial charge is 0.0686 e. The summed E-state index contributed by atoms with van der Waals surface area (Å²) in [5.74, 6) is 0. The maximum atomic E-state index is 4.45. The zero-order valence-electron chi connectivity index (χ0n) is 9.05. The van der Waals surface area contributed by atoms with E-state index < -0.39 is 0 Å². The Hall–Kier alpha value is 0.0300. The van der Waals surface area contributed by atoms with Crippen molar-refractivity contribution in [1.82, 2.24) is 15.2 Å². The van der Waals surface area contributed by atoms with Crippen LogP contribution in [0.3, 0.4) is 0 Å². The van der Waals surface area contributed by atoms with Crippen LogP contribution in [0.4, 0.5) is 0 Å². The zero-order valence-corrected chi connectivity index (χ0v) is 12.2. The molecular weight excluding hydrogens is 334 g/mol. The zero-order chi connectivity index (χ0) is 11.4. The van der Waals surface area contributed by atoms with E-state index in [9.17, 15) is 0 Å². The number of pyridine rings is 1. The lowest BCUT2D eigenvalue weighted by molar-refractivity contribution is 0.280. The van der Waals surface area contributed by atoms with E-state index in [0.717, 1.165) is 47.4 Å². The largest absolute Gasteiger partial charge is 0.315 e. The minimum absolute atomic E-state index is 0.926. The van der Waals surface area contributed by atoms with Gasteiger partial charge in [0.25, 0.3) is 0 Å². The van der Waals surface area contributed by atoms with Gasteiger partial charge in [0, 0.05) is 34.8 Å². The summed E-state index contributed by atoms with van der Waals surface area (Å²) in [6.45, 7) is 5.39. The Morgan fingerprint density at radius 1 is 1.31 bits per heavy atom. The highest BCUT2D eigenvalue weighted by Gasteiger charge is 2.11. The minimum atomic E-state index is 0.926. The minimum Gasteiger partial charge on any atom is -0.315 e. The number of nitrogens with one attached hydrogen (secondary N) is 1. The normalized spacial score (nSPS) is 18.4. The third-order valence-corrected chi connectivity index (χ3v) is 3.81. The molecule has 2 heterocycles. The molecule has 1 fully saturated rings. The summed E-state index contributed by atoms with van der Waals surface area (Å²) < 4.78 is 2.10. The third-order valence-electron chi connectivity index (χ3n) is 2.69. The van der Waals surface area contributed by atoms with Crippen molar-refractivity contribution in [3.63, 3.8) is 0 Å². The Labute approximate surface area is 113 Å². The summed E-state index contributed by atoms with van der Waals surface area (Å²) in [7, 11) is 0. The quantitative estimate of drug-likeness (QED) is 0.889. The summed E-state index contributed by atoms with van der Waals surface area (Å²) in [6, 6.07) is 2.05. The second kappa shape index (κ2) is 6.10. The SMILES string of the molecule is Brc1cnc(CN2CCCNCC2)c(Br)c1. The summed E-state index contributed by atoms with van der Waals surface area (Å²) in [5.41, 5.74) is 1.12. The van der Waals surface area contributed by atoms with Crippen LogP contribution in [0.1, 0.15) is 12.1 Å². The van der Waals surface area contributed by atoms with Crippen molar-refractivity contribution >= 4 is 31.9 Å². The van der Waals surface area contributed by atoms with Crippen LogP contribution in [0.25, 0.3) is 0 Å². The van der Waals surface area contributed by atoms with Crippen LogP contribution in [0.15, 0.2) is 21.2 Å². The molecule has 1 aliphatic heterocycles. The van der Waals surface area contributed by atoms with Gasteiger partial charge in [0.05, 0.1) is 5.69 Å². The fourth-order valence-electron chi connectivity index (χ4n) is 1.83. The molecule has 0 saturated carbocycles. The predicted molar refractivity (Wildman–Crippen MR) is 72.4 cm³/mol. The maximum absolute atomic E-state index is 4.45. The van der Waals surface area contributed by atoms with Crippen LogP contribution in [0.2, 0.25) is 0 Å². The fraction of sp³-hybridized carbons (Fsp3) is 0.545. The molecule has 1 aromatic heterocycles. The van der Waals surface area contributed by atoms with Crippen molar-refractivity contribution in [2.75, 3.05) is 26.2 Å². The van der Waals surface area contributed by atoms with Gasteiger partial charge in [-0.25, -0.2) is 0 Å². The van der Waals surface area contributed by atoms with E-state index in [1.165, 1.54) is 6.42 Å². The van der Waals surface area contributed by atoms with E-state index in [4.69, 9.17) is 0 Å². The monoisotopic (exact) mass is 347 g/mol. The molecule has 5 heteroatoms. The second-order valence-corrected chi connectivity index (χ2v) is 5.73. The van der Waals surface area contributed by atoms with Gasteiger partial charge in [-0.05, 0) is 57.4 Å². The van der Waals surface area contributed by atoms with Gasteiger partial charge in [-0.2, -0.15) is 0 Å². The number of nitrogens with zero attached hydrogens (tertiary/aromatic N) is 2. The van der Waals surface area contributed by atoms with Crippen molar-refractivity contribution in [3.05, 3.63) is 26.9 Å². The standard InChI is InChI=1S/C11H15Br2N3/c12-9-6-10(13)11(15-7-9)8-16-4-1-2-14-3-5-16/h6-7,14H,1-5,8H2. The molecule has 16 heavy (non-hydrogen) atoms. The Kier molecular flexibility index (Phi) is 4.76. The first kappa shape index (κ1) is 12.5. The average Bonchev–Trinajstić information content (AvgIpc) is 2.51. The van der Waals surface area contributed by atoms with E-state index in [0.29, 0.717) is 0 Å². The van der Waals surface area contributed by atoms with Crippen molar-refractivity contribution < 1.29 is 0 Å². The molecule has 1 saturated heterocycles. The lowest BCUT2D eigenvalue weighted by Crippen LogP contribution is -2.28.